The maximum atomic E-state index is 11.9. The summed E-state index contributed by atoms with van der Waals surface area (Å²) in [6.45, 7) is 1.97. The molecule has 0 saturated carbocycles. The number of rotatable bonds is 3. The van der Waals surface area contributed by atoms with Crippen molar-refractivity contribution >= 4 is 27.5 Å². The predicted molar refractivity (Wildman–Crippen MR) is 78.2 cm³/mol. The third-order valence-electron chi connectivity index (χ3n) is 2.61. The second kappa shape index (κ2) is 5.84. The van der Waals surface area contributed by atoms with Gasteiger partial charge in [-0.25, -0.2) is 0 Å². The van der Waals surface area contributed by atoms with Crippen LogP contribution >= 0.6 is 15.9 Å². The number of pyridine rings is 1. The molecule has 0 fully saturated rings. The van der Waals surface area contributed by atoms with E-state index in [2.05, 4.69) is 21.2 Å². The summed E-state index contributed by atoms with van der Waals surface area (Å²) in [6, 6.07) is 10.4. The number of benzene rings is 1. The molecule has 0 saturated heterocycles. The number of nitrogens with one attached hydrogen (secondary N) is 1. The first kappa shape index (κ1) is 13.5. The summed E-state index contributed by atoms with van der Waals surface area (Å²) >= 11 is 3.39. The number of carbonyl (C=O) groups excluding carboxylic acids is 1. The molecule has 0 aliphatic rings. The number of aromatic nitrogens is 1. The van der Waals surface area contributed by atoms with Crippen molar-refractivity contribution in [1.82, 2.24) is 4.57 Å². The standard InChI is InChI=1S/C14H13BrN2O2/c1-10-5-6-12(11(15)8-10)16-13(18)9-17-7-3-2-4-14(17)19/h2-8H,9H2,1H3,(H,16,18). The van der Waals surface area contributed by atoms with E-state index in [-0.39, 0.29) is 18.0 Å². The lowest BCUT2D eigenvalue weighted by Gasteiger charge is -2.09. The highest BCUT2D eigenvalue weighted by Crippen LogP contribution is 2.23. The van der Waals surface area contributed by atoms with Crippen LogP contribution in [0, 0.1) is 6.92 Å². The van der Waals surface area contributed by atoms with Crippen LogP contribution in [-0.2, 0) is 11.3 Å². The Morgan fingerprint density at radius 3 is 2.79 bits per heavy atom. The van der Waals surface area contributed by atoms with E-state index in [9.17, 15) is 9.59 Å². The molecule has 1 N–H and O–H groups in total. The molecule has 2 rings (SSSR count). The van der Waals surface area contributed by atoms with E-state index in [1.165, 1.54) is 10.6 Å². The second-order valence-electron chi connectivity index (χ2n) is 4.20. The number of hydrogen-bond donors (Lipinski definition) is 1. The highest BCUT2D eigenvalue weighted by molar-refractivity contribution is 9.10. The Hall–Kier alpha value is -1.88. The summed E-state index contributed by atoms with van der Waals surface area (Å²) in [5, 5.41) is 2.77. The largest absolute Gasteiger partial charge is 0.324 e. The summed E-state index contributed by atoms with van der Waals surface area (Å²) in [5.74, 6) is -0.238. The molecule has 19 heavy (non-hydrogen) atoms. The third-order valence-corrected chi connectivity index (χ3v) is 3.27. The third kappa shape index (κ3) is 3.54. The van der Waals surface area contributed by atoms with Crippen LogP contribution in [-0.4, -0.2) is 10.5 Å². The van der Waals surface area contributed by atoms with Gasteiger partial charge < -0.3 is 9.88 Å². The van der Waals surface area contributed by atoms with Crippen molar-refractivity contribution < 1.29 is 4.79 Å². The van der Waals surface area contributed by atoms with Crippen molar-refractivity contribution in [2.45, 2.75) is 13.5 Å². The monoisotopic (exact) mass is 320 g/mol. The summed E-state index contributed by atoms with van der Waals surface area (Å²) < 4.78 is 2.18. The van der Waals surface area contributed by atoms with E-state index in [1.807, 2.05) is 25.1 Å². The molecule has 0 unspecified atom stereocenters. The van der Waals surface area contributed by atoms with Crippen LogP contribution in [0.3, 0.4) is 0 Å². The van der Waals surface area contributed by atoms with E-state index >= 15 is 0 Å². The minimum atomic E-state index is -0.238. The van der Waals surface area contributed by atoms with Crippen LogP contribution < -0.4 is 10.9 Å². The number of carbonyl (C=O) groups is 1. The molecule has 98 valence electrons. The average molecular weight is 321 g/mol. The normalized spacial score (nSPS) is 10.2. The summed E-state index contributed by atoms with van der Waals surface area (Å²) in [7, 11) is 0. The molecule has 1 aromatic carbocycles. The van der Waals surface area contributed by atoms with Gasteiger partial charge in [0.15, 0.2) is 0 Å². The van der Waals surface area contributed by atoms with E-state index < -0.39 is 0 Å². The van der Waals surface area contributed by atoms with E-state index in [0.29, 0.717) is 5.69 Å². The van der Waals surface area contributed by atoms with Crippen LogP contribution in [0.15, 0.2) is 51.9 Å². The smallest absolute Gasteiger partial charge is 0.250 e. The fourth-order valence-corrected chi connectivity index (χ4v) is 2.25. The molecule has 0 spiro atoms. The molecule has 0 atom stereocenters. The van der Waals surface area contributed by atoms with E-state index in [0.717, 1.165) is 10.0 Å². The van der Waals surface area contributed by atoms with Gasteiger partial charge in [0.2, 0.25) is 5.91 Å². The van der Waals surface area contributed by atoms with E-state index in [1.54, 1.807) is 18.3 Å². The van der Waals surface area contributed by atoms with Gasteiger partial charge in [-0.05, 0) is 46.6 Å². The Balaban J connectivity index is 2.10. The van der Waals surface area contributed by atoms with Crippen molar-refractivity contribution in [3.63, 3.8) is 0 Å². The lowest BCUT2D eigenvalue weighted by atomic mass is 10.2. The topological polar surface area (TPSA) is 51.1 Å². The van der Waals surface area contributed by atoms with Crippen molar-refractivity contribution in [2.75, 3.05) is 5.32 Å². The van der Waals surface area contributed by atoms with Gasteiger partial charge in [0.25, 0.3) is 5.56 Å². The molecule has 1 heterocycles. The lowest BCUT2D eigenvalue weighted by molar-refractivity contribution is -0.116. The zero-order chi connectivity index (χ0) is 13.8. The number of nitrogens with zero attached hydrogens (tertiary/aromatic N) is 1. The number of aryl methyl sites for hydroxylation is 1. The van der Waals surface area contributed by atoms with Crippen LogP contribution in [0.25, 0.3) is 0 Å². The molecule has 4 nitrogen and oxygen atoms in total. The maximum Gasteiger partial charge on any atom is 0.250 e. The van der Waals surface area contributed by atoms with Gasteiger partial charge in [0.1, 0.15) is 6.54 Å². The highest BCUT2D eigenvalue weighted by atomic mass is 79.9. The quantitative estimate of drug-likeness (QED) is 0.944. The molecule has 0 bridgehead atoms. The van der Waals surface area contributed by atoms with Crippen LogP contribution in [0.5, 0.6) is 0 Å². The van der Waals surface area contributed by atoms with E-state index in [4.69, 9.17) is 0 Å². The zero-order valence-corrected chi connectivity index (χ0v) is 12.0. The fourth-order valence-electron chi connectivity index (χ4n) is 1.66. The maximum absolute atomic E-state index is 11.9. The van der Waals surface area contributed by atoms with Crippen LogP contribution in [0.4, 0.5) is 5.69 Å². The van der Waals surface area contributed by atoms with Crippen molar-refractivity contribution in [3.8, 4) is 0 Å². The first-order valence-corrected chi connectivity index (χ1v) is 6.57. The molecule has 5 heteroatoms. The Kier molecular flexibility index (Phi) is 4.16. The fraction of sp³-hybridized carbons (Fsp3) is 0.143. The molecule has 0 radical (unpaired) electrons. The lowest BCUT2D eigenvalue weighted by Crippen LogP contribution is -2.26. The first-order chi connectivity index (χ1) is 9.06. The minimum absolute atomic E-state index is 0.0000102. The predicted octanol–water partition coefficient (Wildman–Crippen LogP) is 2.56. The number of hydrogen-bond acceptors (Lipinski definition) is 2. The summed E-state index contributed by atoms with van der Waals surface area (Å²) in [5.41, 5.74) is 1.60. The van der Waals surface area contributed by atoms with Crippen LogP contribution in [0.2, 0.25) is 0 Å². The second-order valence-corrected chi connectivity index (χ2v) is 5.05. The number of anilines is 1. The van der Waals surface area contributed by atoms with Crippen molar-refractivity contribution in [1.29, 1.82) is 0 Å². The van der Waals surface area contributed by atoms with Gasteiger partial charge in [0, 0.05) is 16.7 Å². The molecular formula is C14H13BrN2O2. The Labute approximate surface area is 119 Å². The molecule has 2 aromatic rings. The average Bonchev–Trinajstić information content (AvgIpc) is 2.36. The molecule has 0 aliphatic carbocycles. The molecule has 1 amide bonds. The SMILES string of the molecule is Cc1ccc(NC(=O)Cn2ccccc2=O)c(Br)c1. The highest BCUT2D eigenvalue weighted by Gasteiger charge is 2.07. The molecule has 1 aromatic heterocycles. The molecular weight excluding hydrogens is 308 g/mol. The van der Waals surface area contributed by atoms with Crippen molar-refractivity contribution in [3.05, 3.63) is 63.0 Å². The first-order valence-electron chi connectivity index (χ1n) is 5.78. The van der Waals surface area contributed by atoms with Crippen LogP contribution in [0.1, 0.15) is 5.56 Å². The van der Waals surface area contributed by atoms with Gasteiger partial charge in [-0.2, -0.15) is 0 Å². The number of amides is 1. The van der Waals surface area contributed by atoms with Gasteiger partial charge in [-0.3, -0.25) is 9.59 Å². The van der Waals surface area contributed by atoms with Gasteiger partial charge >= 0.3 is 0 Å². The molecule has 0 aliphatic heterocycles. The summed E-state index contributed by atoms with van der Waals surface area (Å²) in [4.78, 5) is 23.4. The van der Waals surface area contributed by atoms with Gasteiger partial charge in [-0.15, -0.1) is 0 Å². The Morgan fingerprint density at radius 2 is 2.11 bits per heavy atom. The zero-order valence-electron chi connectivity index (χ0n) is 10.4. The number of halogens is 1. The Bertz CT molecular complexity index is 664. The summed E-state index contributed by atoms with van der Waals surface area (Å²) in [6.07, 6.45) is 1.59. The Morgan fingerprint density at radius 1 is 1.32 bits per heavy atom. The minimum Gasteiger partial charge on any atom is -0.324 e. The van der Waals surface area contributed by atoms with Gasteiger partial charge in [-0.1, -0.05) is 12.1 Å². The van der Waals surface area contributed by atoms with Crippen molar-refractivity contribution in [2.24, 2.45) is 0 Å². The van der Waals surface area contributed by atoms with Gasteiger partial charge in [0.05, 0.1) is 5.69 Å².